The highest BCUT2D eigenvalue weighted by molar-refractivity contribution is 6.34. The number of hydrogen-bond donors (Lipinski definition) is 0. The van der Waals surface area contributed by atoms with Gasteiger partial charge in [-0.05, 0) is 18.7 Å². The molecule has 0 atom stereocenters. The summed E-state index contributed by atoms with van der Waals surface area (Å²) in [7, 11) is 1.77. The summed E-state index contributed by atoms with van der Waals surface area (Å²) in [5.41, 5.74) is 1.11. The first kappa shape index (κ1) is 9.09. The minimum absolute atomic E-state index is 0.310. The van der Waals surface area contributed by atoms with Gasteiger partial charge in [-0.3, -0.25) is 0 Å². The summed E-state index contributed by atoms with van der Waals surface area (Å²) in [6, 6.07) is 5.24. The largest absolute Gasteiger partial charge is 0.406 e. The smallest absolute Gasteiger partial charge is 0.348 e. The molecular formula is C10H8ClNO2. The van der Waals surface area contributed by atoms with Crippen molar-refractivity contribution in [2.45, 2.75) is 0 Å². The van der Waals surface area contributed by atoms with Gasteiger partial charge in [0.2, 0.25) is 0 Å². The molecule has 2 rings (SSSR count). The molecule has 0 bridgehead atoms. The average Bonchev–Trinajstić information content (AvgIpc) is 2.14. The van der Waals surface area contributed by atoms with Crippen molar-refractivity contribution in [1.29, 1.82) is 0 Å². The van der Waals surface area contributed by atoms with Crippen LogP contribution in [0.2, 0.25) is 5.02 Å². The number of benzene rings is 1. The Labute approximate surface area is 86.5 Å². The molecule has 0 radical (unpaired) electrons. The summed E-state index contributed by atoms with van der Waals surface area (Å²) in [5, 5.41) is 0.395. The summed E-state index contributed by atoms with van der Waals surface area (Å²) < 4.78 is 4.91. The lowest BCUT2D eigenvalue weighted by molar-refractivity contribution is 0.0606. The van der Waals surface area contributed by atoms with Crippen molar-refractivity contribution in [2.75, 3.05) is 11.9 Å². The SMILES string of the molecule is C=C1OC(=O)c2c(Cl)cccc2N1C. The van der Waals surface area contributed by atoms with E-state index in [2.05, 4.69) is 6.58 Å². The molecule has 1 heterocycles. The maximum Gasteiger partial charge on any atom is 0.348 e. The highest BCUT2D eigenvalue weighted by atomic mass is 35.5. The lowest BCUT2D eigenvalue weighted by Crippen LogP contribution is -2.28. The maximum absolute atomic E-state index is 11.5. The first-order chi connectivity index (χ1) is 6.61. The maximum atomic E-state index is 11.5. The number of cyclic esters (lactones) is 1. The second kappa shape index (κ2) is 3.03. The monoisotopic (exact) mass is 209 g/mol. The van der Waals surface area contributed by atoms with Crippen molar-refractivity contribution in [2.24, 2.45) is 0 Å². The zero-order valence-electron chi connectivity index (χ0n) is 7.58. The Morgan fingerprint density at radius 2 is 2.21 bits per heavy atom. The van der Waals surface area contributed by atoms with Crippen LogP contribution in [0, 0.1) is 0 Å². The van der Waals surface area contributed by atoms with E-state index in [4.69, 9.17) is 16.3 Å². The zero-order chi connectivity index (χ0) is 10.3. The van der Waals surface area contributed by atoms with E-state index >= 15 is 0 Å². The molecule has 1 aromatic carbocycles. The van der Waals surface area contributed by atoms with E-state index in [0.29, 0.717) is 16.5 Å². The second-order valence-electron chi connectivity index (χ2n) is 2.98. The molecule has 3 nitrogen and oxygen atoms in total. The van der Waals surface area contributed by atoms with Crippen LogP contribution in [0.25, 0.3) is 0 Å². The van der Waals surface area contributed by atoms with Crippen LogP contribution in [0.4, 0.5) is 5.69 Å². The number of nitrogens with zero attached hydrogens (tertiary/aromatic N) is 1. The molecule has 0 unspecified atom stereocenters. The van der Waals surface area contributed by atoms with Crippen LogP contribution < -0.4 is 4.90 Å². The number of carbonyl (C=O) groups is 1. The Morgan fingerprint density at radius 3 is 2.93 bits per heavy atom. The number of halogens is 1. The molecule has 1 aliphatic heterocycles. The minimum atomic E-state index is -0.450. The van der Waals surface area contributed by atoms with Crippen molar-refractivity contribution in [3.63, 3.8) is 0 Å². The van der Waals surface area contributed by atoms with Crippen molar-refractivity contribution in [3.8, 4) is 0 Å². The third kappa shape index (κ3) is 1.17. The van der Waals surface area contributed by atoms with E-state index in [0.717, 1.165) is 5.69 Å². The second-order valence-corrected chi connectivity index (χ2v) is 3.38. The van der Waals surface area contributed by atoms with Gasteiger partial charge < -0.3 is 9.64 Å². The minimum Gasteiger partial charge on any atom is -0.406 e. The van der Waals surface area contributed by atoms with Gasteiger partial charge in [-0.25, -0.2) is 4.79 Å². The van der Waals surface area contributed by atoms with E-state index < -0.39 is 5.97 Å². The van der Waals surface area contributed by atoms with E-state index in [1.54, 1.807) is 30.1 Å². The highest BCUT2D eigenvalue weighted by Crippen LogP contribution is 2.33. The molecule has 0 N–H and O–H groups in total. The Hall–Kier alpha value is -1.48. The van der Waals surface area contributed by atoms with Crippen LogP contribution in [0.1, 0.15) is 10.4 Å². The third-order valence-electron chi connectivity index (χ3n) is 2.14. The van der Waals surface area contributed by atoms with E-state index in [1.165, 1.54) is 0 Å². The number of rotatable bonds is 0. The fourth-order valence-electron chi connectivity index (χ4n) is 1.36. The van der Waals surface area contributed by atoms with E-state index in [1.807, 2.05) is 0 Å². The van der Waals surface area contributed by atoms with E-state index in [-0.39, 0.29) is 0 Å². The normalized spacial score (nSPS) is 15.1. The van der Waals surface area contributed by atoms with Gasteiger partial charge in [0.25, 0.3) is 0 Å². The Morgan fingerprint density at radius 1 is 1.50 bits per heavy atom. The lowest BCUT2D eigenvalue weighted by Gasteiger charge is -2.28. The first-order valence-corrected chi connectivity index (χ1v) is 4.42. The molecule has 4 heteroatoms. The molecule has 1 aliphatic rings. The highest BCUT2D eigenvalue weighted by Gasteiger charge is 2.27. The standard InChI is InChI=1S/C10H8ClNO2/c1-6-12(2)8-5-3-4-7(11)9(8)10(13)14-6/h3-5H,1H2,2H3. The molecule has 0 aliphatic carbocycles. The fourth-order valence-corrected chi connectivity index (χ4v) is 1.60. The average molecular weight is 210 g/mol. The predicted octanol–water partition coefficient (Wildman–Crippen LogP) is 2.42. The van der Waals surface area contributed by atoms with Crippen molar-refractivity contribution < 1.29 is 9.53 Å². The molecule has 0 amide bonds. The van der Waals surface area contributed by atoms with Crippen LogP contribution in [0.15, 0.2) is 30.7 Å². The number of carbonyl (C=O) groups excluding carboxylic acids is 1. The van der Waals surface area contributed by atoms with Gasteiger partial charge in [-0.15, -0.1) is 0 Å². The number of fused-ring (bicyclic) bond motifs is 1. The first-order valence-electron chi connectivity index (χ1n) is 4.04. The molecular weight excluding hydrogens is 202 g/mol. The Bertz CT molecular complexity index is 428. The van der Waals surface area contributed by atoms with Crippen molar-refractivity contribution >= 4 is 23.3 Å². The summed E-state index contributed by atoms with van der Waals surface area (Å²) >= 11 is 5.89. The quantitative estimate of drug-likeness (QED) is 0.615. The Balaban J connectivity index is 2.67. The van der Waals surface area contributed by atoms with Gasteiger partial charge in [-0.2, -0.15) is 0 Å². The number of esters is 1. The van der Waals surface area contributed by atoms with Crippen LogP contribution in [0.3, 0.4) is 0 Å². The van der Waals surface area contributed by atoms with Gasteiger partial charge >= 0.3 is 5.97 Å². The van der Waals surface area contributed by atoms with Gasteiger partial charge in [0.05, 0.1) is 10.7 Å². The number of anilines is 1. The third-order valence-corrected chi connectivity index (χ3v) is 2.46. The van der Waals surface area contributed by atoms with Crippen LogP contribution in [-0.2, 0) is 4.74 Å². The molecule has 14 heavy (non-hydrogen) atoms. The van der Waals surface area contributed by atoms with Gasteiger partial charge in [0.1, 0.15) is 5.56 Å². The molecule has 72 valence electrons. The summed E-state index contributed by atoms with van der Waals surface area (Å²) in [6.07, 6.45) is 0. The molecule has 0 saturated heterocycles. The predicted molar refractivity (Wildman–Crippen MR) is 54.4 cm³/mol. The van der Waals surface area contributed by atoms with Crippen LogP contribution >= 0.6 is 11.6 Å². The number of ether oxygens (including phenoxy) is 1. The van der Waals surface area contributed by atoms with Gasteiger partial charge in [-0.1, -0.05) is 17.7 Å². The lowest BCUT2D eigenvalue weighted by atomic mass is 10.1. The Kier molecular flexibility index (Phi) is 1.97. The van der Waals surface area contributed by atoms with Crippen molar-refractivity contribution in [3.05, 3.63) is 41.2 Å². The number of hydrogen-bond acceptors (Lipinski definition) is 3. The molecule has 0 aromatic heterocycles. The fraction of sp³-hybridized carbons (Fsp3) is 0.100. The van der Waals surface area contributed by atoms with Crippen LogP contribution in [-0.4, -0.2) is 13.0 Å². The molecule has 1 aromatic rings. The molecule has 0 spiro atoms. The summed E-state index contributed by atoms with van der Waals surface area (Å²) in [6.45, 7) is 3.61. The van der Waals surface area contributed by atoms with Crippen molar-refractivity contribution in [1.82, 2.24) is 0 Å². The van der Waals surface area contributed by atoms with Crippen LogP contribution in [0.5, 0.6) is 0 Å². The van der Waals surface area contributed by atoms with Gasteiger partial charge in [0, 0.05) is 7.05 Å². The summed E-state index contributed by atoms with van der Waals surface area (Å²) in [4.78, 5) is 13.2. The molecule has 0 saturated carbocycles. The van der Waals surface area contributed by atoms with E-state index in [9.17, 15) is 4.79 Å². The topological polar surface area (TPSA) is 29.5 Å². The van der Waals surface area contributed by atoms with Gasteiger partial charge in [0.15, 0.2) is 5.88 Å². The zero-order valence-corrected chi connectivity index (χ0v) is 8.34. The summed E-state index contributed by atoms with van der Waals surface area (Å²) in [5.74, 6) is -0.140. The molecule has 0 fully saturated rings.